The van der Waals surface area contributed by atoms with E-state index in [0.717, 1.165) is 0 Å². The van der Waals surface area contributed by atoms with Gasteiger partial charge in [0.05, 0.1) is 27.1 Å². The summed E-state index contributed by atoms with van der Waals surface area (Å²) < 4.78 is 12.2. The molecule has 2 rings (SSSR count). The molecule has 20 heavy (non-hydrogen) atoms. The van der Waals surface area contributed by atoms with Crippen LogP contribution in [0.3, 0.4) is 0 Å². The van der Waals surface area contributed by atoms with Crippen molar-refractivity contribution in [2.24, 2.45) is 0 Å². The predicted molar refractivity (Wildman–Crippen MR) is 76.6 cm³/mol. The second kappa shape index (κ2) is 6.07. The van der Waals surface area contributed by atoms with Crippen molar-refractivity contribution in [1.29, 1.82) is 0 Å². The average Bonchev–Trinajstić information content (AvgIpc) is 2.38. The number of carbonyl (C=O) groups is 1. The molecule has 104 valence electrons. The van der Waals surface area contributed by atoms with Crippen LogP contribution in [-0.2, 0) is 16.6 Å². The minimum absolute atomic E-state index is 0.0755. The third-order valence-electron chi connectivity index (χ3n) is 2.64. The SMILES string of the molecule is O=C(O)c1cc(S(=O)Cc2cccc(O)c2)ccc1Cl. The monoisotopic (exact) mass is 310 g/mol. The van der Waals surface area contributed by atoms with Gasteiger partial charge >= 0.3 is 5.97 Å². The normalized spacial score (nSPS) is 12.1. The first-order chi connectivity index (χ1) is 9.47. The maximum Gasteiger partial charge on any atom is 0.337 e. The van der Waals surface area contributed by atoms with Crippen molar-refractivity contribution < 1.29 is 19.2 Å². The van der Waals surface area contributed by atoms with Crippen LogP contribution in [0, 0.1) is 0 Å². The number of rotatable bonds is 4. The summed E-state index contributed by atoms with van der Waals surface area (Å²) in [6.45, 7) is 0. The number of phenolic OH excluding ortho intramolecular Hbond substituents is 1. The Labute approximate surface area is 123 Å². The van der Waals surface area contributed by atoms with Crippen molar-refractivity contribution in [3.8, 4) is 5.75 Å². The van der Waals surface area contributed by atoms with Crippen molar-refractivity contribution in [3.05, 3.63) is 58.6 Å². The van der Waals surface area contributed by atoms with E-state index in [-0.39, 0.29) is 22.1 Å². The van der Waals surface area contributed by atoms with E-state index in [0.29, 0.717) is 10.5 Å². The molecule has 1 unspecified atom stereocenters. The molecule has 0 aliphatic carbocycles. The molecule has 1 atom stereocenters. The van der Waals surface area contributed by atoms with Crippen LogP contribution in [0.2, 0.25) is 5.02 Å². The standard InChI is InChI=1S/C14H11ClO4S/c15-13-5-4-11(7-12(13)14(17)18)20(19)8-9-2-1-3-10(16)6-9/h1-7,16H,8H2,(H,17,18). The first-order valence-electron chi connectivity index (χ1n) is 5.66. The van der Waals surface area contributed by atoms with Crippen molar-refractivity contribution >= 4 is 28.4 Å². The van der Waals surface area contributed by atoms with Crippen LogP contribution in [0.5, 0.6) is 5.75 Å². The molecule has 0 aromatic heterocycles. The molecule has 0 saturated carbocycles. The predicted octanol–water partition coefficient (Wildman–Crippen LogP) is 3.05. The Morgan fingerprint density at radius 2 is 1.95 bits per heavy atom. The molecule has 2 N–H and O–H groups in total. The second-order valence-corrected chi connectivity index (χ2v) is 5.96. The largest absolute Gasteiger partial charge is 0.508 e. The van der Waals surface area contributed by atoms with Gasteiger partial charge in [-0.2, -0.15) is 0 Å². The van der Waals surface area contributed by atoms with Gasteiger partial charge in [0.1, 0.15) is 5.75 Å². The summed E-state index contributed by atoms with van der Waals surface area (Å²) in [7, 11) is -1.41. The van der Waals surface area contributed by atoms with Crippen LogP contribution in [0.1, 0.15) is 15.9 Å². The highest BCUT2D eigenvalue weighted by Crippen LogP contribution is 2.22. The number of halogens is 1. The first-order valence-corrected chi connectivity index (χ1v) is 7.36. The number of benzene rings is 2. The maximum absolute atomic E-state index is 12.2. The summed E-state index contributed by atoms with van der Waals surface area (Å²) in [6, 6.07) is 10.7. The number of hydrogen-bond donors (Lipinski definition) is 2. The summed E-state index contributed by atoms with van der Waals surface area (Å²) in [5.41, 5.74) is 0.628. The fourth-order valence-electron chi connectivity index (χ4n) is 1.69. The summed E-state index contributed by atoms with van der Waals surface area (Å²) in [5.74, 6) is -0.872. The van der Waals surface area contributed by atoms with E-state index in [9.17, 15) is 14.1 Å². The Kier molecular flexibility index (Phi) is 4.42. The number of hydrogen-bond acceptors (Lipinski definition) is 3. The minimum Gasteiger partial charge on any atom is -0.508 e. The number of carboxylic acid groups (broad SMARTS) is 1. The molecule has 0 fully saturated rings. The topological polar surface area (TPSA) is 74.6 Å². The summed E-state index contributed by atoms with van der Waals surface area (Å²) in [4.78, 5) is 11.4. The van der Waals surface area contributed by atoms with Crippen LogP contribution >= 0.6 is 11.6 Å². The molecule has 0 saturated heterocycles. The van der Waals surface area contributed by atoms with Crippen molar-refractivity contribution in [2.45, 2.75) is 10.6 Å². The van der Waals surface area contributed by atoms with Crippen LogP contribution < -0.4 is 0 Å². The van der Waals surface area contributed by atoms with Gasteiger partial charge in [-0.05, 0) is 35.9 Å². The fourth-order valence-corrected chi connectivity index (χ4v) is 3.01. The molecular formula is C14H11ClO4S. The summed E-state index contributed by atoms with van der Waals surface area (Å²) in [5, 5.41) is 18.4. The molecule has 4 nitrogen and oxygen atoms in total. The zero-order valence-corrected chi connectivity index (χ0v) is 11.8. The molecule has 0 aliphatic heterocycles. The fraction of sp³-hybridized carbons (Fsp3) is 0.0714. The second-order valence-electron chi connectivity index (χ2n) is 4.11. The van der Waals surface area contributed by atoms with Crippen molar-refractivity contribution in [1.82, 2.24) is 0 Å². The molecule has 0 spiro atoms. The van der Waals surface area contributed by atoms with E-state index in [1.54, 1.807) is 12.1 Å². The molecule has 0 radical (unpaired) electrons. The van der Waals surface area contributed by atoms with Crippen LogP contribution in [0.15, 0.2) is 47.4 Å². The quantitative estimate of drug-likeness (QED) is 0.910. The zero-order valence-electron chi connectivity index (χ0n) is 10.2. The van der Waals surface area contributed by atoms with Gasteiger partial charge in [-0.1, -0.05) is 23.7 Å². The molecular weight excluding hydrogens is 300 g/mol. The van der Waals surface area contributed by atoms with E-state index < -0.39 is 16.8 Å². The van der Waals surface area contributed by atoms with E-state index in [2.05, 4.69) is 0 Å². The summed E-state index contributed by atoms with van der Waals surface area (Å²) >= 11 is 5.76. The van der Waals surface area contributed by atoms with Gasteiger partial charge in [0.15, 0.2) is 0 Å². The van der Waals surface area contributed by atoms with Gasteiger partial charge in [0.25, 0.3) is 0 Å². The van der Waals surface area contributed by atoms with Crippen LogP contribution in [0.25, 0.3) is 0 Å². The molecule has 2 aromatic carbocycles. The summed E-state index contributed by atoms with van der Waals surface area (Å²) in [6.07, 6.45) is 0. The Hall–Kier alpha value is -1.85. The van der Waals surface area contributed by atoms with E-state index in [4.69, 9.17) is 16.7 Å². The lowest BCUT2D eigenvalue weighted by Gasteiger charge is -2.05. The Morgan fingerprint density at radius 3 is 2.60 bits per heavy atom. The lowest BCUT2D eigenvalue weighted by molar-refractivity contribution is 0.0697. The van der Waals surface area contributed by atoms with Crippen LogP contribution in [-0.4, -0.2) is 20.4 Å². The third kappa shape index (κ3) is 3.37. The van der Waals surface area contributed by atoms with E-state index in [1.807, 2.05) is 0 Å². The number of phenols is 1. The molecule has 0 heterocycles. The Morgan fingerprint density at radius 1 is 1.20 bits per heavy atom. The molecule has 6 heteroatoms. The number of aromatic hydroxyl groups is 1. The minimum atomic E-state index is -1.41. The Bertz CT molecular complexity index is 685. The molecule has 2 aromatic rings. The van der Waals surface area contributed by atoms with Gasteiger partial charge in [0, 0.05) is 4.90 Å². The van der Waals surface area contributed by atoms with Gasteiger partial charge in [-0.25, -0.2) is 4.79 Å². The highest BCUT2D eigenvalue weighted by molar-refractivity contribution is 7.84. The van der Waals surface area contributed by atoms with Gasteiger partial charge < -0.3 is 10.2 Å². The lowest BCUT2D eigenvalue weighted by Crippen LogP contribution is -2.02. The smallest absolute Gasteiger partial charge is 0.337 e. The zero-order chi connectivity index (χ0) is 14.7. The van der Waals surface area contributed by atoms with Gasteiger partial charge in [0.2, 0.25) is 0 Å². The van der Waals surface area contributed by atoms with Gasteiger partial charge in [-0.15, -0.1) is 0 Å². The number of carboxylic acids is 1. The molecule has 0 amide bonds. The average molecular weight is 311 g/mol. The molecule has 0 bridgehead atoms. The third-order valence-corrected chi connectivity index (χ3v) is 4.34. The number of aromatic carboxylic acids is 1. The molecule has 0 aliphatic rings. The lowest BCUT2D eigenvalue weighted by atomic mass is 10.2. The van der Waals surface area contributed by atoms with E-state index >= 15 is 0 Å². The Balaban J connectivity index is 2.26. The van der Waals surface area contributed by atoms with E-state index in [1.165, 1.54) is 30.3 Å². The van der Waals surface area contributed by atoms with Gasteiger partial charge in [-0.3, -0.25) is 4.21 Å². The maximum atomic E-state index is 12.2. The van der Waals surface area contributed by atoms with Crippen molar-refractivity contribution in [2.75, 3.05) is 0 Å². The highest BCUT2D eigenvalue weighted by atomic mass is 35.5. The highest BCUT2D eigenvalue weighted by Gasteiger charge is 2.13. The van der Waals surface area contributed by atoms with Crippen molar-refractivity contribution in [3.63, 3.8) is 0 Å². The first kappa shape index (κ1) is 14.6. The van der Waals surface area contributed by atoms with Crippen LogP contribution in [0.4, 0.5) is 0 Å².